The Morgan fingerprint density at radius 3 is 2.54 bits per heavy atom. The Balaban J connectivity index is 1.47. The number of carbonyl (C=O) groups excluding carboxylic acids is 1. The maximum absolute atomic E-state index is 14.0. The van der Waals surface area contributed by atoms with Crippen molar-refractivity contribution in [2.45, 2.75) is 77.1 Å². The summed E-state index contributed by atoms with van der Waals surface area (Å²) in [5.74, 6) is -0.186. The highest BCUT2D eigenvalue weighted by atomic mass is 32.2. The second-order valence-corrected chi connectivity index (χ2v) is 14.9. The molecule has 0 aliphatic carbocycles. The van der Waals surface area contributed by atoms with E-state index in [9.17, 15) is 13.2 Å². The van der Waals surface area contributed by atoms with E-state index in [0.29, 0.717) is 17.9 Å². The molecule has 0 fully saturated rings. The van der Waals surface area contributed by atoms with Crippen molar-refractivity contribution in [1.29, 1.82) is 0 Å². The van der Waals surface area contributed by atoms with Gasteiger partial charge in [-0.2, -0.15) is 4.31 Å². The van der Waals surface area contributed by atoms with Crippen molar-refractivity contribution in [2.75, 3.05) is 13.6 Å². The summed E-state index contributed by atoms with van der Waals surface area (Å²) < 4.78 is 37.3. The molecule has 48 heavy (non-hydrogen) atoms. The first-order valence-corrected chi connectivity index (χ1v) is 17.5. The van der Waals surface area contributed by atoms with Gasteiger partial charge in [0.2, 0.25) is 10.0 Å². The first-order chi connectivity index (χ1) is 22.8. The summed E-state index contributed by atoms with van der Waals surface area (Å²) in [4.78, 5) is 23.9. The van der Waals surface area contributed by atoms with Crippen LogP contribution in [0.1, 0.15) is 71.8 Å². The van der Waals surface area contributed by atoms with E-state index in [-0.39, 0.29) is 35.9 Å². The number of ether oxygens (including phenoxy) is 1. The maximum atomic E-state index is 14.0. The first-order valence-electron chi connectivity index (χ1n) is 16.1. The standard InChI is InChI=1S/C36H41N7O4S/c1-8-43-30-16-15-29(25(4)34(30)39-40-43)33(36(5,6)41(7)35(44)28-18-37-22-38-19-28)26-14-13-23(2)27(17-26)21-42-20-24(3)47-31-11-9-10-12-32(31)48(42,45)46/h9-19,22,24,33H,8,20-21H2,1-7H3/t24-,33+/m1/s1. The molecule has 2 aromatic heterocycles. The van der Waals surface area contributed by atoms with Gasteiger partial charge >= 0.3 is 0 Å². The summed E-state index contributed by atoms with van der Waals surface area (Å²) in [5, 5.41) is 8.89. The molecule has 6 rings (SSSR count). The van der Waals surface area contributed by atoms with Crippen LogP contribution in [-0.4, -0.2) is 73.7 Å². The second-order valence-electron chi connectivity index (χ2n) is 13.0. The third-order valence-corrected chi connectivity index (χ3v) is 11.4. The third kappa shape index (κ3) is 5.83. The number of nitrogens with zero attached hydrogens (tertiary/aromatic N) is 7. The maximum Gasteiger partial charge on any atom is 0.257 e. The number of sulfonamides is 1. The molecule has 0 N–H and O–H groups in total. The van der Waals surface area contributed by atoms with Gasteiger partial charge in [0.05, 0.1) is 17.6 Å². The smallest absolute Gasteiger partial charge is 0.257 e. The van der Waals surface area contributed by atoms with Gasteiger partial charge < -0.3 is 9.64 Å². The van der Waals surface area contributed by atoms with Crippen LogP contribution in [-0.2, 0) is 23.1 Å². The molecule has 3 aromatic carbocycles. The fourth-order valence-corrected chi connectivity index (χ4v) is 8.29. The molecule has 0 radical (unpaired) electrons. The molecule has 0 spiro atoms. The molecule has 0 unspecified atom stereocenters. The number of benzene rings is 3. The molecule has 5 aromatic rings. The Hall–Kier alpha value is -4.68. The molecule has 1 amide bonds. The van der Waals surface area contributed by atoms with Crippen molar-refractivity contribution in [2.24, 2.45) is 0 Å². The van der Waals surface area contributed by atoms with Gasteiger partial charge in [0.15, 0.2) is 0 Å². The van der Waals surface area contributed by atoms with E-state index < -0.39 is 15.6 Å². The normalized spacial score (nSPS) is 16.9. The summed E-state index contributed by atoms with van der Waals surface area (Å²) in [7, 11) is -2.05. The Labute approximate surface area is 281 Å². The van der Waals surface area contributed by atoms with E-state index in [1.807, 2.05) is 58.4 Å². The van der Waals surface area contributed by atoms with Crippen LogP contribution < -0.4 is 4.74 Å². The Morgan fingerprint density at radius 1 is 1.08 bits per heavy atom. The zero-order chi connectivity index (χ0) is 34.4. The molecule has 0 saturated carbocycles. The van der Waals surface area contributed by atoms with Crippen molar-refractivity contribution in [3.05, 3.63) is 107 Å². The van der Waals surface area contributed by atoms with Crippen LogP contribution in [0, 0.1) is 13.8 Å². The predicted octanol–water partition coefficient (Wildman–Crippen LogP) is 5.51. The highest BCUT2D eigenvalue weighted by molar-refractivity contribution is 7.89. The lowest BCUT2D eigenvalue weighted by Gasteiger charge is -2.43. The quantitative estimate of drug-likeness (QED) is 0.212. The second kappa shape index (κ2) is 12.7. The number of carbonyl (C=O) groups is 1. The summed E-state index contributed by atoms with van der Waals surface area (Å²) in [6.07, 6.45) is 4.10. The Kier molecular flexibility index (Phi) is 8.82. The van der Waals surface area contributed by atoms with Gasteiger partial charge in [0, 0.05) is 44.0 Å². The molecule has 1 aliphatic rings. The first kappa shape index (κ1) is 33.2. The van der Waals surface area contributed by atoms with Crippen LogP contribution in [0.15, 0.2) is 78.2 Å². The van der Waals surface area contributed by atoms with Gasteiger partial charge in [0.25, 0.3) is 5.91 Å². The molecule has 2 atom stereocenters. The number of aryl methyl sites for hydroxylation is 3. The van der Waals surface area contributed by atoms with Gasteiger partial charge in [-0.15, -0.1) is 5.10 Å². The average molecular weight is 668 g/mol. The molecular weight excluding hydrogens is 627 g/mol. The third-order valence-electron chi connectivity index (χ3n) is 9.59. The fourth-order valence-electron chi connectivity index (χ4n) is 6.68. The number of hydrogen-bond acceptors (Lipinski definition) is 8. The summed E-state index contributed by atoms with van der Waals surface area (Å²) >= 11 is 0. The number of likely N-dealkylation sites (N-methyl/N-ethyl adjacent to an activating group) is 1. The van der Waals surface area contributed by atoms with Crippen molar-refractivity contribution >= 4 is 27.0 Å². The lowest BCUT2D eigenvalue weighted by molar-refractivity contribution is 0.0595. The molecule has 3 heterocycles. The summed E-state index contributed by atoms with van der Waals surface area (Å²) in [6.45, 7) is 13.1. The zero-order valence-electron chi connectivity index (χ0n) is 28.4. The van der Waals surface area contributed by atoms with Crippen molar-refractivity contribution in [3.63, 3.8) is 0 Å². The Bertz CT molecular complexity index is 2100. The van der Waals surface area contributed by atoms with Crippen LogP contribution in [0.25, 0.3) is 11.0 Å². The molecule has 1 aliphatic heterocycles. The van der Waals surface area contributed by atoms with E-state index >= 15 is 0 Å². The Morgan fingerprint density at radius 2 is 1.81 bits per heavy atom. The van der Waals surface area contributed by atoms with Gasteiger partial charge in [-0.3, -0.25) is 4.79 Å². The van der Waals surface area contributed by atoms with E-state index in [1.165, 1.54) is 23.0 Å². The van der Waals surface area contributed by atoms with Gasteiger partial charge in [-0.05, 0) is 87.6 Å². The minimum absolute atomic E-state index is 0.163. The molecule has 0 bridgehead atoms. The van der Waals surface area contributed by atoms with Crippen molar-refractivity contribution in [1.82, 2.24) is 34.2 Å². The van der Waals surface area contributed by atoms with E-state index in [0.717, 1.165) is 38.9 Å². The number of aromatic nitrogens is 5. The fraction of sp³-hybridized carbons (Fsp3) is 0.361. The number of hydrogen-bond donors (Lipinski definition) is 0. The summed E-state index contributed by atoms with van der Waals surface area (Å²) in [5.41, 5.74) is 6.07. The van der Waals surface area contributed by atoms with Crippen LogP contribution in [0.5, 0.6) is 5.75 Å². The van der Waals surface area contributed by atoms with Crippen LogP contribution >= 0.6 is 0 Å². The van der Waals surface area contributed by atoms with Crippen molar-refractivity contribution < 1.29 is 17.9 Å². The monoisotopic (exact) mass is 667 g/mol. The van der Waals surface area contributed by atoms with Gasteiger partial charge in [-0.1, -0.05) is 41.6 Å². The van der Waals surface area contributed by atoms with Crippen LogP contribution in [0.4, 0.5) is 0 Å². The van der Waals surface area contributed by atoms with Gasteiger partial charge in [-0.25, -0.2) is 23.1 Å². The molecule has 250 valence electrons. The highest BCUT2D eigenvalue weighted by Crippen LogP contribution is 2.42. The number of rotatable bonds is 8. The minimum atomic E-state index is -3.84. The topological polar surface area (TPSA) is 123 Å². The van der Waals surface area contributed by atoms with E-state index in [2.05, 4.69) is 38.5 Å². The minimum Gasteiger partial charge on any atom is -0.488 e. The lowest BCUT2D eigenvalue weighted by atomic mass is 9.74. The molecule has 11 nitrogen and oxygen atoms in total. The number of amides is 1. The van der Waals surface area contributed by atoms with Crippen LogP contribution in [0.3, 0.4) is 0 Å². The molecular formula is C36H41N7O4S. The highest BCUT2D eigenvalue weighted by Gasteiger charge is 2.40. The lowest BCUT2D eigenvalue weighted by Crippen LogP contribution is -2.49. The van der Waals surface area contributed by atoms with E-state index in [4.69, 9.17) is 4.74 Å². The average Bonchev–Trinajstić information content (AvgIpc) is 3.47. The molecule has 0 saturated heterocycles. The predicted molar refractivity (Wildman–Crippen MR) is 183 cm³/mol. The zero-order valence-corrected chi connectivity index (χ0v) is 29.2. The van der Waals surface area contributed by atoms with Gasteiger partial charge in [0.1, 0.15) is 28.6 Å². The van der Waals surface area contributed by atoms with Crippen LogP contribution in [0.2, 0.25) is 0 Å². The van der Waals surface area contributed by atoms with E-state index in [1.54, 1.807) is 36.2 Å². The largest absolute Gasteiger partial charge is 0.488 e. The number of para-hydroxylation sites is 1. The molecule has 12 heteroatoms. The summed E-state index contributed by atoms with van der Waals surface area (Å²) in [6, 6.07) is 17.1. The SMILES string of the molecule is CCn1nnc2c(C)c([C@H](c3ccc(C)c(CN4C[C@@H](C)Oc5ccccc5S4(=O)=O)c3)C(C)(C)N(C)C(=O)c3cncnc3)ccc21. The number of fused-ring (bicyclic) bond motifs is 2. The van der Waals surface area contributed by atoms with Crippen molar-refractivity contribution in [3.8, 4) is 5.75 Å².